The molecule has 0 spiro atoms. The van der Waals surface area contributed by atoms with Crippen molar-refractivity contribution in [3.63, 3.8) is 0 Å². The van der Waals surface area contributed by atoms with Gasteiger partial charge in [-0.15, -0.1) is 0 Å². The second kappa shape index (κ2) is 7.52. The van der Waals surface area contributed by atoms with E-state index in [-0.39, 0.29) is 6.03 Å². The summed E-state index contributed by atoms with van der Waals surface area (Å²) in [6, 6.07) is 16.9. The molecular weight excluding hydrogens is 296 g/mol. The summed E-state index contributed by atoms with van der Waals surface area (Å²) in [6.07, 6.45) is 4.06. The SMILES string of the molecule is CCc1cccc(CC)c1NC(=O)N(Cc1ccccc1)C1CC1. The maximum Gasteiger partial charge on any atom is 0.322 e. The Hall–Kier alpha value is -2.29. The van der Waals surface area contributed by atoms with Crippen molar-refractivity contribution >= 4 is 11.7 Å². The van der Waals surface area contributed by atoms with Gasteiger partial charge in [0.1, 0.15) is 0 Å². The minimum absolute atomic E-state index is 0.0250. The van der Waals surface area contributed by atoms with Gasteiger partial charge in [0, 0.05) is 18.3 Å². The number of hydrogen-bond acceptors (Lipinski definition) is 1. The number of urea groups is 1. The molecule has 0 radical (unpaired) electrons. The van der Waals surface area contributed by atoms with Gasteiger partial charge < -0.3 is 10.2 Å². The summed E-state index contributed by atoms with van der Waals surface area (Å²) < 4.78 is 0. The molecule has 2 amide bonds. The molecule has 0 saturated heterocycles. The van der Waals surface area contributed by atoms with Crippen molar-refractivity contribution in [1.29, 1.82) is 0 Å². The summed E-state index contributed by atoms with van der Waals surface area (Å²) in [5.41, 5.74) is 4.60. The standard InChI is InChI=1S/C21H26N2O/c1-3-17-11-8-12-18(4-2)20(17)22-21(24)23(19-13-14-19)15-16-9-6-5-7-10-16/h5-12,19H,3-4,13-15H2,1-2H3,(H,22,24). The number of amides is 2. The van der Waals surface area contributed by atoms with Crippen molar-refractivity contribution in [3.8, 4) is 0 Å². The second-order valence-corrected chi connectivity index (χ2v) is 6.43. The fraction of sp³-hybridized carbons (Fsp3) is 0.381. The molecule has 1 N–H and O–H groups in total. The minimum atomic E-state index is 0.0250. The van der Waals surface area contributed by atoms with Crippen molar-refractivity contribution < 1.29 is 4.79 Å². The Morgan fingerprint density at radius 2 is 1.62 bits per heavy atom. The number of hydrogen-bond donors (Lipinski definition) is 1. The van der Waals surface area contributed by atoms with Crippen molar-refractivity contribution in [1.82, 2.24) is 4.90 Å². The Morgan fingerprint density at radius 1 is 1.00 bits per heavy atom. The number of anilines is 1. The molecule has 0 unspecified atom stereocenters. The van der Waals surface area contributed by atoms with Crippen molar-refractivity contribution in [2.75, 3.05) is 5.32 Å². The summed E-state index contributed by atoms with van der Waals surface area (Å²) in [4.78, 5) is 14.9. The van der Waals surface area contributed by atoms with Crippen LogP contribution in [-0.4, -0.2) is 17.0 Å². The smallest absolute Gasteiger partial charge is 0.317 e. The molecule has 0 aliphatic heterocycles. The molecule has 1 aliphatic carbocycles. The van der Waals surface area contributed by atoms with Crippen molar-refractivity contribution in [3.05, 3.63) is 65.2 Å². The molecule has 126 valence electrons. The van der Waals surface area contributed by atoms with Gasteiger partial charge in [0.15, 0.2) is 0 Å². The summed E-state index contributed by atoms with van der Waals surface area (Å²) in [5.74, 6) is 0. The van der Waals surface area contributed by atoms with Crippen LogP contribution >= 0.6 is 0 Å². The van der Waals surface area contributed by atoms with Crippen LogP contribution in [0.2, 0.25) is 0 Å². The molecule has 1 aliphatic rings. The Kier molecular flexibility index (Phi) is 5.19. The number of para-hydroxylation sites is 1. The van der Waals surface area contributed by atoms with E-state index >= 15 is 0 Å². The number of nitrogens with zero attached hydrogens (tertiary/aromatic N) is 1. The first-order valence-electron chi connectivity index (χ1n) is 8.95. The van der Waals surface area contributed by atoms with Gasteiger partial charge in [-0.25, -0.2) is 4.79 Å². The molecule has 0 aromatic heterocycles. The molecule has 0 atom stereocenters. The van der Waals surface area contributed by atoms with Gasteiger partial charge in [-0.2, -0.15) is 0 Å². The maximum absolute atomic E-state index is 12.9. The van der Waals surface area contributed by atoms with Crippen molar-refractivity contribution in [2.24, 2.45) is 0 Å². The van der Waals surface area contributed by atoms with Crippen LogP contribution in [0.1, 0.15) is 43.4 Å². The van der Waals surface area contributed by atoms with Crippen LogP contribution in [0.25, 0.3) is 0 Å². The van der Waals surface area contributed by atoms with Crippen molar-refractivity contribution in [2.45, 2.75) is 52.1 Å². The molecule has 2 aromatic rings. The molecular formula is C21H26N2O. The predicted molar refractivity (Wildman–Crippen MR) is 99.2 cm³/mol. The van der Waals surface area contributed by atoms with Crippen LogP contribution < -0.4 is 5.32 Å². The van der Waals surface area contributed by atoms with E-state index < -0.39 is 0 Å². The molecule has 2 aromatic carbocycles. The minimum Gasteiger partial charge on any atom is -0.317 e. The van der Waals surface area contributed by atoms with Gasteiger partial charge in [0.2, 0.25) is 0 Å². The average Bonchev–Trinajstić information content (AvgIpc) is 3.45. The monoisotopic (exact) mass is 322 g/mol. The highest BCUT2D eigenvalue weighted by Gasteiger charge is 2.33. The van der Waals surface area contributed by atoms with E-state index in [0.717, 1.165) is 31.4 Å². The molecule has 0 heterocycles. The molecule has 1 saturated carbocycles. The largest absolute Gasteiger partial charge is 0.322 e. The van der Waals surface area contributed by atoms with E-state index in [1.54, 1.807) is 0 Å². The second-order valence-electron chi connectivity index (χ2n) is 6.43. The van der Waals surface area contributed by atoms with E-state index in [1.807, 2.05) is 23.1 Å². The van der Waals surface area contributed by atoms with Gasteiger partial charge in [0.05, 0.1) is 0 Å². The lowest BCUT2D eigenvalue weighted by atomic mass is 10.0. The highest BCUT2D eigenvalue weighted by molar-refractivity contribution is 5.91. The number of aryl methyl sites for hydroxylation is 2. The fourth-order valence-electron chi connectivity index (χ4n) is 3.11. The number of nitrogens with one attached hydrogen (secondary N) is 1. The zero-order chi connectivity index (χ0) is 16.9. The summed E-state index contributed by atoms with van der Waals surface area (Å²) >= 11 is 0. The number of carbonyl (C=O) groups is 1. The Bertz CT molecular complexity index is 670. The van der Waals surface area contributed by atoms with E-state index in [0.29, 0.717) is 12.6 Å². The predicted octanol–water partition coefficient (Wildman–Crippen LogP) is 5.01. The number of rotatable bonds is 6. The quantitative estimate of drug-likeness (QED) is 0.797. The first-order valence-corrected chi connectivity index (χ1v) is 8.95. The van der Waals surface area contributed by atoms with Crippen LogP contribution in [-0.2, 0) is 19.4 Å². The first kappa shape index (κ1) is 16.6. The Morgan fingerprint density at radius 3 is 2.17 bits per heavy atom. The molecule has 24 heavy (non-hydrogen) atoms. The van der Waals surface area contributed by atoms with E-state index in [4.69, 9.17) is 0 Å². The average molecular weight is 322 g/mol. The zero-order valence-electron chi connectivity index (χ0n) is 14.6. The third kappa shape index (κ3) is 3.78. The van der Waals surface area contributed by atoms with E-state index in [1.165, 1.54) is 16.7 Å². The van der Waals surface area contributed by atoms with Gasteiger partial charge in [-0.1, -0.05) is 62.4 Å². The van der Waals surface area contributed by atoms with E-state index in [9.17, 15) is 4.79 Å². The third-order valence-corrected chi connectivity index (χ3v) is 4.68. The van der Waals surface area contributed by atoms with Gasteiger partial charge in [0.25, 0.3) is 0 Å². The molecule has 3 nitrogen and oxygen atoms in total. The zero-order valence-corrected chi connectivity index (χ0v) is 14.6. The van der Waals surface area contributed by atoms with Crippen LogP contribution in [0, 0.1) is 0 Å². The first-order chi connectivity index (χ1) is 11.7. The van der Waals surface area contributed by atoms with Crippen LogP contribution in [0.15, 0.2) is 48.5 Å². The Labute approximate surface area is 144 Å². The summed E-state index contributed by atoms with van der Waals surface area (Å²) in [7, 11) is 0. The van der Waals surface area contributed by atoms with Gasteiger partial charge >= 0.3 is 6.03 Å². The Balaban J connectivity index is 1.79. The number of carbonyl (C=O) groups excluding carboxylic acids is 1. The topological polar surface area (TPSA) is 32.3 Å². The highest BCUT2D eigenvalue weighted by Crippen LogP contribution is 2.30. The third-order valence-electron chi connectivity index (χ3n) is 4.68. The molecule has 3 rings (SSSR count). The normalized spacial score (nSPS) is 13.6. The lowest BCUT2D eigenvalue weighted by Gasteiger charge is -2.24. The van der Waals surface area contributed by atoms with Crippen LogP contribution in [0.5, 0.6) is 0 Å². The summed E-state index contributed by atoms with van der Waals surface area (Å²) in [5, 5.41) is 3.21. The lowest BCUT2D eigenvalue weighted by Crippen LogP contribution is -2.36. The fourth-order valence-corrected chi connectivity index (χ4v) is 3.11. The van der Waals surface area contributed by atoms with Crippen LogP contribution in [0.4, 0.5) is 10.5 Å². The molecule has 1 fully saturated rings. The van der Waals surface area contributed by atoms with E-state index in [2.05, 4.69) is 49.5 Å². The van der Waals surface area contributed by atoms with Gasteiger partial charge in [-0.3, -0.25) is 0 Å². The summed E-state index contributed by atoms with van der Waals surface area (Å²) in [6.45, 7) is 4.94. The maximum atomic E-state index is 12.9. The lowest BCUT2D eigenvalue weighted by molar-refractivity contribution is 0.206. The van der Waals surface area contributed by atoms with Gasteiger partial charge in [-0.05, 0) is 42.4 Å². The number of benzene rings is 2. The molecule has 3 heteroatoms. The highest BCUT2D eigenvalue weighted by atomic mass is 16.2. The van der Waals surface area contributed by atoms with Crippen LogP contribution in [0.3, 0.4) is 0 Å². The molecule has 0 bridgehead atoms.